The third-order valence-corrected chi connectivity index (χ3v) is 4.58. The predicted octanol–water partition coefficient (Wildman–Crippen LogP) is 5.05. The van der Waals surface area contributed by atoms with E-state index in [1.807, 2.05) is 0 Å². The molecule has 0 aromatic heterocycles. The van der Waals surface area contributed by atoms with E-state index in [-0.39, 0.29) is 0 Å². The van der Waals surface area contributed by atoms with Crippen molar-refractivity contribution in [3.8, 4) is 0 Å². The third kappa shape index (κ3) is 3.07. The highest BCUT2D eigenvalue weighted by Gasteiger charge is 2.30. The largest absolute Gasteiger partial charge is 0.382 e. The molecule has 1 saturated carbocycles. The topological polar surface area (TPSA) is 12.0 Å². The average Bonchev–Trinajstić information content (AvgIpc) is 2.32. The molecule has 1 aliphatic carbocycles. The molecule has 0 aliphatic heterocycles. The van der Waals surface area contributed by atoms with Gasteiger partial charge in [-0.2, -0.15) is 0 Å². The highest BCUT2D eigenvalue weighted by Crippen LogP contribution is 2.35. The minimum Gasteiger partial charge on any atom is -0.382 e. The Balaban J connectivity index is 1.84. The summed E-state index contributed by atoms with van der Waals surface area (Å²) in [7, 11) is 0. The summed E-state index contributed by atoms with van der Waals surface area (Å²) in [4.78, 5) is 0. The Labute approximate surface area is 112 Å². The molecule has 1 aromatic carbocycles. The number of hydrogen-bond acceptors (Lipinski definition) is 1. The van der Waals surface area contributed by atoms with Gasteiger partial charge in [0.2, 0.25) is 0 Å². The van der Waals surface area contributed by atoms with E-state index >= 15 is 0 Å². The van der Waals surface area contributed by atoms with Gasteiger partial charge in [-0.3, -0.25) is 0 Å². The molecule has 1 aromatic rings. The van der Waals surface area contributed by atoms with Crippen molar-refractivity contribution in [2.24, 2.45) is 11.8 Å². The van der Waals surface area contributed by atoms with Crippen molar-refractivity contribution in [3.05, 3.63) is 29.8 Å². The SMILES string of the molecule is CCC(C)c1ccc(NC2CC(C(C)C)C2)cc1. The molecule has 0 amide bonds. The summed E-state index contributed by atoms with van der Waals surface area (Å²) in [6, 6.07) is 9.73. The standard InChI is InChI=1S/C17H27N/c1-5-13(4)14-6-8-16(9-7-14)18-17-10-15(11-17)12(2)3/h6-9,12-13,15,17-18H,5,10-11H2,1-4H3. The molecule has 1 fully saturated rings. The molecule has 0 radical (unpaired) electrons. The number of hydrogen-bond donors (Lipinski definition) is 1. The van der Waals surface area contributed by atoms with Crippen molar-refractivity contribution < 1.29 is 0 Å². The van der Waals surface area contributed by atoms with Gasteiger partial charge in [0.1, 0.15) is 0 Å². The van der Waals surface area contributed by atoms with Gasteiger partial charge in [-0.05, 0) is 54.7 Å². The molecule has 0 bridgehead atoms. The number of benzene rings is 1. The molecule has 100 valence electrons. The Morgan fingerprint density at radius 3 is 2.22 bits per heavy atom. The maximum atomic E-state index is 3.65. The summed E-state index contributed by atoms with van der Waals surface area (Å²) in [5.41, 5.74) is 2.74. The zero-order chi connectivity index (χ0) is 13.1. The molecule has 2 rings (SSSR count). The van der Waals surface area contributed by atoms with E-state index in [1.54, 1.807) is 0 Å². The Hall–Kier alpha value is -0.980. The molecule has 1 aliphatic rings. The third-order valence-electron chi connectivity index (χ3n) is 4.58. The van der Waals surface area contributed by atoms with Crippen molar-refractivity contribution >= 4 is 5.69 Å². The summed E-state index contributed by atoms with van der Waals surface area (Å²) < 4.78 is 0. The lowest BCUT2D eigenvalue weighted by Crippen LogP contribution is -2.37. The molecule has 0 saturated heterocycles. The molecule has 1 heteroatoms. The zero-order valence-corrected chi connectivity index (χ0v) is 12.2. The Kier molecular flexibility index (Phi) is 4.31. The van der Waals surface area contributed by atoms with E-state index in [1.165, 1.54) is 30.5 Å². The minimum absolute atomic E-state index is 0.674. The zero-order valence-electron chi connectivity index (χ0n) is 12.2. The van der Waals surface area contributed by atoms with Crippen LogP contribution in [0.5, 0.6) is 0 Å². The van der Waals surface area contributed by atoms with Crippen LogP contribution in [0.2, 0.25) is 0 Å². The quantitative estimate of drug-likeness (QED) is 0.765. The van der Waals surface area contributed by atoms with Gasteiger partial charge in [0.15, 0.2) is 0 Å². The van der Waals surface area contributed by atoms with Crippen molar-refractivity contribution in [3.63, 3.8) is 0 Å². The first-order valence-corrected chi connectivity index (χ1v) is 7.46. The van der Waals surface area contributed by atoms with E-state index in [0.717, 1.165) is 11.8 Å². The van der Waals surface area contributed by atoms with Crippen LogP contribution in [-0.4, -0.2) is 6.04 Å². The molecule has 0 heterocycles. The van der Waals surface area contributed by atoms with Gasteiger partial charge < -0.3 is 5.32 Å². The maximum absolute atomic E-state index is 3.65. The summed E-state index contributed by atoms with van der Waals surface area (Å²) in [5.74, 6) is 2.45. The smallest absolute Gasteiger partial charge is 0.0342 e. The Bertz CT molecular complexity index is 360. The average molecular weight is 245 g/mol. The van der Waals surface area contributed by atoms with Crippen LogP contribution in [0.3, 0.4) is 0 Å². The lowest BCUT2D eigenvalue weighted by atomic mass is 9.73. The maximum Gasteiger partial charge on any atom is 0.0342 e. The second kappa shape index (κ2) is 5.77. The highest BCUT2D eigenvalue weighted by atomic mass is 14.9. The summed E-state index contributed by atoms with van der Waals surface area (Å²) in [6.07, 6.45) is 3.89. The van der Waals surface area contributed by atoms with E-state index in [2.05, 4.69) is 57.3 Å². The molecule has 1 atom stereocenters. The van der Waals surface area contributed by atoms with Crippen LogP contribution >= 0.6 is 0 Å². The summed E-state index contributed by atoms with van der Waals surface area (Å²) >= 11 is 0. The molecule has 1 N–H and O–H groups in total. The molecular formula is C17H27N. The monoisotopic (exact) mass is 245 g/mol. The first kappa shape index (κ1) is 13.5. The first-order chi connectivity index (χ1) is 8.60. The van der Waals surface area contributed by atoms with Gasteiger partial charge in [-0.25, -0.2) is 0 Å². The molecule has 1 unspecified atom stereocenters. The lowest BCUT2D eigenvalue weighted by molar-refractivity contribution is 0.212. The predicted molar refractivity (Wildman–Crippen MR) is 80.1 cm³/mol. The van der Waals surface area contributed by atoms with Gasteiger partial charge in [0.25, 0.3) is 0 Å². The lowest BCUT2D eigenvalue weighted by Gasteiger charge is -2.39. The highest BCUT2D eigenvalue weighted by molar-refractivity contribution is 5.46. The molecular weight excluding hydrogens is 218 g/mol. The van der Waals surface area contributed by atoms with Crippen LogP contribution < -0.4 is 5.32 Å². The number of nitrogens with one attached hydrogen (secondary N) is 1. The Morgan fingerprint density at radius 2 is 1.72 bits per heavy atom. The minimum atomic E-state index is 0.674. The van der Waals surface area contributed by atoms with E-state index in [9.17, 15) is 0 Å². The number of rotatable bonds is 5. The van der Waals surface area contributed by atoms with Crippen LogP contribution in [0, 0.1) is 11.8 Å². The van der Waals surface area contributed by atoms with E-state index < -0.39 is 0 Å². The van der Waals surface area contributed by atoms with Crippen LogP contribution in [0.25, 0.3) is 0 Å². The summed E-state index contributed by atoms with van der Waals surface area (Å²) in [5, 5.41) is 3.65. The van der Waals surface area contributed by atoms with Crippen molar-refractivity contribution in [2.45, 2.75) is 58.9 Å². The van der Waals surface area contributed by atoms with Crippen LogP contribution in [-0.2, 0) is 0 Å². The molecule has 1 nitrogen and oxygen atoms in total. The first-order valence-electron chi connectivity index (χ1n) is 7.46. The van der Waals surface area contributed by atoms with Crippen molar-refractivity contribution in [2.75, 3.05) is 5.32 Å². The van der Waals surface area contributed by atoms with Gasteiger partial charge in [0.05, 0.1) is 0 Å². The molecule has 18 heavy (non-hydrogen) atoms. The Morgan fingerprint density at radius 1 is 1.11 bits per heavy atom. The number of anilines is 1. The fourth-order valence-corrected chi connectivity index (χ4v) is 2.70. The van der Waals surface area contributed by atoms with E-state index in [4.69, 9.17) is 0 Å². The van der Waals surface area contributed by atoms with E-state index in [0.29, 0.717) is 12.0 Å². The normalized spacial score (nSPS) is 24.7. The second-order valence-electron chi connectivity index (χ2n) is 6.25. The van der Waals surface area contributed by atoms with Crippen LogP contribution in [0.15, 0.2) is 24.3 Å². The summed E-state index contributed by atoms with van der Waals surface area (Å²) in [6.45, 7) is 9.21. The fourth-order valence-electron chi connectivity index (χ4n) is 2.70. The second-order valence-corrected chi connectivity index (χ2v) is 6.25. The fraction of sp³-hybridized carbons (Fsp3) is 0.647. The van der Waals surface area contributed by atoms with Gasteiger partial charge in [0, 0.05) is 11.7 Å². The van der Waals surface area contributed by atoms with Crippen molar-refractivity contribution in [1.82, 2.24) is 0 Å². The van der Waals surface area contributed by atoms with Crippen LogP contribution in [0.4, 0.5) is 5.69 Å². The van der Waals surface area contributed by atoms with Gasteiger partial charge in [-0.1, -0.05) is 39.8 Å². The van der Waals surface area contributed by atoms with Gasteiger partial charge >= 0.3 is 0 Å². The van der Waals surface area contributed by atoms with Crippen LogP contribution in [0.1, 0.15) is 58.4 Å². The van der Waals surface area contributed by atoms with Gasteiger partial charge in [-0.15, -0.1) is 0 Å². The molecule has 0 spiro atoms. The van der Waals surface area contributed by atoms with Crippen molar-refractivity contribution in [1.29, 1.82) is 0 Å².